The number of carbonyl (C=O) groups is 1. The van der Waals surface area contributed by atoms with Crippen LogP contribution in [-0.2, 0) is 4.79 Å². The van der Waals surface area contributed by atoms with Crippen LogP contribution in [0.5, 0.6) is 0 Å². The molecule has 2 nitrogen and oxygen atoms in total. The summed E-state index contributed by atoms with van der Waals surface area (Å²) in [6.07, 6.45) is 6.89. The Morgan fingerprint density at radius 2 is 1.96 bits per heavy atom. The summed E-state index contributed by atoms with van der Waals surface area (Å²) in [5.41, 5.74) is 3.64. The van der Waals surface area contributed by atoms with E-state index in [1.807, 2.05) is 6.08 Å². The topological polar surface area (TPSA) is 40.9 Å². The molecule has 2 unspecified atom stereocenters. The summed E-state index contributed by atoms with van der Waals surface area (Å²) in [7, 11) is 0. The minimum absolute atomic E-state index is 0.0135. The molecule has 0 aliphatic heterocycles. The van der Waals surface area contributed by atoms with Gasteiger partial charge in [0.25, 0.3) is 0 Å². The van der Waals surface area contributed by atoms with Crippen molar-refractivity contribution >= 4 is 5.78 Å². The van der Waals surface area contributed by atoms with Crippen LogP contribution in [0.15, 0.2) is 36.0 Å². The van der Waals surface area contributed by atoms with E-state index in [4.69, 9.17) is 0 Å². The Morgan fingerprint density at radius 3 is 2.64 bits per heavy atom. The molecular weight excluding hydrogens is 306 g/mol. The molecule has 0 saturated heterocycles. The molecule has 4 aliphatic rings. The third kappa shape index (κ3) is 1.99. The minimum atomic E-state index is -0.0872. The quantitative estimate of drug-likeness (QED) is 0.607. The molecule has 0 N–H and O–H groups in total. The smallest absolute Gasteiger partial charge is 0.155 e. The number of hydrogen-bond donors (Lipinski definition) is 0. The van der Waals surface area contributed by atoms with Gasteiger partial charge in [0.1, 0.15) is 0 Å². The average molecular weight is 335 g/mol. The fraction of sp³-hybridized carbons (Fsp3) is 0.652. The second kappa shape index (κ2) is 5.19. The van der Waals surface area contributed by atoms with Gasteiger partial charge in [-0.25, -0.2) is 0 Å². The Hall–Kier alpha value is -1.62. The van der Waals surface area contributed by atoms with Crippen LogP contribution >= 0.6 is 0 Å². The van der Waals surface area contributed by atoms with Crippen molar-refractivity contribution in [1.29, 1.82) is 5.26 Å². The predicted octanol–water partition coefficient (Wildman–Crippen LogP) is 5.24. The molecule has 0 heterocycles. The summed E-state index contributed by atoms with van der Waals surface area (Å²) in [6, 6.07) is 2.55. The number of rotatable bonds is 0. The molecule has 4 rings (SSSR count). The summed E-state index contributed by atoms with van der Waals surface area (Å²) >= 11 is 0. The molecule has 0 aromatic rings. The summed E-state index contributed by atoms with van der Waals surface area (Å²) in [4.78, 5) is 12.0. The highest BCUT2D eigenvalue weighted by Crippen LogP contribution is 2.69. The maximum atomic E-state index is 12.0. The van der Waals surface area contributed by atoms with Crippen LogP contribution in [0.25, 0.3) is 0 Å². The molecule has 0 aromatic carbocycles. The highest BCUT2D eigenvalue weighted by Gasteiger charge is 2.62. The molecule has 25 heavy (non-hydrogen) atoms. The van der Waals surface area contributed by atoms with E-state index < -0.39 is 0 Å². The number of nitrogens with zero attached hydrogens (tertiary/aromatic N) is 1. The van der Waals surface area contributed by atoms with Gasteiger partial charge < -0.3 is 0 Å². The summed E-state index contributed by atoms with van der Waals surface area (Å²) in [5.74, 6) is 2.27. The molecule has 3 fully saturated rings. The predicted molar refractivity (Wildman–Crippen MR) is 99.4 cm³/mol. The van der Waals surface area contributed by atoms with E-state index in [2.05, 4.69) is 40.0 Å². The standard InChI is InChI=1S/C23H29NO/c1-13-10-16-11-17(25)6-8-22(16,4)18-7-9-23(5)19(12-24)14(2)15(3)21(23)20(13)18/h11,13,18-21H,2-3,6-10H2,1,4-5H3/t13?,18-,19?,20-,21+,22+,23-/m1/s1. The molecule has 0 radical (unpaired) electrons. The highest BCUT2D eigenvalue weighted by molar-refractivity contribution is 5.91. The zero-order valence-corrected chi connectivity index (χ0v) is 15.8. The van der Waals surface area contributed by atoms with Gasteiger partial charge >= 0.3 is 0 Å². The van der Waals surface area contributed by atoms with Gasteiger partial charge in [0.05, 0.1) is 12.0 Å². The van der Waals surface area contributed by atoms with Gasteiger partial charge in [-0.1, -0.05) is 39.5 Å². The maximum Gasteiger partial charge on any atom is 0.155 e. The second-order valence-electron chi connectivity index (χ2n) is 9.55. The molecule has 4 aliphatic carbocycles. The lowest BCUT2D eigenvalue weighted by Crippen LogP contribution is -2.53. The van der Waals surface area contributed by atoms with Crippen LogP contribution in [0.4, 0.5) is 0 Å². The van der Waals surface area contributed by atoms with Crippen LogP contribution in [0, 0.1) is 51.8 Å². The van der Waals surface area contributed by atoms with E-state index in [1.165, 1.54) is 5.57 Å². The summed E-state index contributed by atoms with van der Waals surface area (Å²) < 4.78 is 0. The molecule has 132 valence electrons. The molecule has 0 amide bonds. The fourth-order valence-electron chi connectivity index (χ4n) is 7.09. The normalized spacial score (nSPS) is 49.0. The van der Waals surface area contributed by atoms with Crippen molar-refractivity contribution in [3.8, 4) is 6.07 Å². The Kier molecular flexibility index (Phi) is 3.50. The van der Waals surface area contributed by atoms with Crippen LogP contribution in [-0.4, -0.2) is 5.78 Å². The van der Waals surface area contributed by atoms with Crippen molar-refractivity contribution in [2.45, 2.75) is 52.9 Å². The van der Waals surface area contributed by atoms with Crippen LogP contribution < -0.4 is 0 Å². The number of allylic oxidation sites excluding steroid dienone is 3. The van der Waals surface area contributed by atoms with Gasteiger partial charge in [-0.15, -0.1) is 0 Å². The molecule has 0 aromatic heterocycles. The number of carbonyl (C=O) groups excluding carboxylic acids is 1. The summed E-state index contributed by atoms with van der Waals surface area (Å²) in [6.45, 7) is 15.7. The first kappa shape index (κ1) is 16.8. The molecule has 2 heteroatoms. The van der Waals surface area contributed by atoms with Gasteiger partial charge in [0, 0.05) is 6.42 Å². The first-order chi connectivity index (χ1) is 11.7. The van der Waals surface area contributed by atoms with Crippen molar-refractivity contribution in [2.75, 3.05) is 0 Å². The number of hydrogen-bond acceptors (Lipinski definition) is 2. The lowest BCUT2D eigenvalue weighted by molar-refractivity contribution is -0.118. The lowest BCUT2D eigenvalue weighted by atomic mass is 9.44. The lowest BCUT2D eigenvalue weighted by Gasteiger charge is -2.59. The summed E-state index contributed by atoms with van der Waals surface area (Å²) in [5, 5.41) is 9.79. The van der Waals surface area contributed by atoms with Crippen LogP contribution in [0.2, 0.25) is 0 Å². The molecule has 0 spiro atoms. The maximum absolute atomic E-state index is 12.0. The second-order valence-corrected chi connectivity index (χ2v) is 9.55. The monoisotopic (exact) mass is 335 g/mol. The largest absolute Gasteiger partial charge is 0.295 e. The first-order valence-electron chi connectivity index (χ1n) is 9.75. The average Bonchev–Trinajstić information content (AvgIpc) is 2.75. The van der Waals surface area contributed by atoms with Crippen molar-refractivity contribution in [3.05, 3.63) is 36.0 Å². The molecular formula is C23H29NO. The van der Waals surface area contributed by atoms with Gasteiger partial charge in [0.15, 0.2) is 5.78 Å². The van der Waals surface area contributed by atoms with Crippen LogP contribution in [0.3, 0.4) is 0 Å². The van der Waals surface area contributed by atoms with Crippen molar-refractivity contribution in [3.63, 3.8) is 0 Å². The molecule has 7 atom stereocenters. The van der Waals surface area contributed by atoms with Crippen molar-refractivity contribution in [2.24, 2.45) is 40.4 Å². The van der Waals surface area contributed by atoms with Gasteiger partial charge in [-0.05, 0) is 77.4 Å². The SMILES string of the molecule is C=C1C(=C)[C@H]2[C@@H]3C(C)CC4=CC(=O)CC[C@]4(C)[C@@H]3CC[C@]2(C)C1C#N. The molecule has 3 saturated carbocycles. The third-order valence-corrected chi connectivity index (χ3v) is 8.46. The Bertz CT molecular complexity index is 753. The van der Waals surface area contributed by atoms with E-state index >= 15 is 0 Å². The fourth-order valence-corrected chi connectivity index (χ4v) is 7.09. The van der Waals surface area contributed by atoms with E-state index in [0.717, 1.165) is 36.8 Å². The Labute approximate surface area is 151 Å². The Morgan fingerprint density at radius 1 is 1.24 bits per heavy atom. The number of ketones is 1. The van der Waals surface area contributed by atoms with Crippen molar-refractivity contribution in [1.82, 2.24) is 0 Å². The minimum Gasteiger partial charge on any atom is -0.295 e. The van der Waals surface area contributed by atoms with Crippen molar-refractivity contribution < 1.29 is 4.79 Å². The van der Waals surface area contributed by atoms with Gasteiger partial charge in [0.2, 0.25) is 0 Å². The zero-order chi connectivity index (χ0) is 18.1. The van der Waals surface area contributed by atoms with E-state index in [-0.39, 0.29) is 16.7 Å². The van der Waals surface area contributed by atoms with Gasteiger partial charge in [-0.3, -0.25) is 4.79 Å². The van der Waals surface area contributed by atoms with Gasteiger partial charge in [-0.2, -0.15) is 5.26 Å². The Balaban J connectivity index is 1.81. The first-order valence-corrected chi connectivity index (χ1v) is 9.75. The zero-order valence-electron chi connectivity index (χ0n) is 15.8. The highest BCUT2D eigenvalue weighted by atomic mass is 16.1. The number of nitriles is 1. The van der Waals surface area contributed by atoms with Crippen LogP contribution in [0.1, 0.15) is 52.9 Å². The number of fused-ring (bicyclic) bond motifs is 5. The third-order valence-electron chi connectivity index (χ3n) is 8.46. The van der Waals surface area contributed by atoms with E-state index in [0.29, 0.717) is 35.9 Å². The van der Waals surface area contributed by atoms with E-state index in [9.17, 15) is 10.1 Å². The van der Waals surface area contributed by atoms with E-state index in [1.54, 1.807) is 0 Å². The molecule has 0 bridgehead atoms.